The van der Waals surface area contributed by atoms with Crippen LogP contribution in [0.1, 0.15) is 31.4 Å². The molecule has 9 nitrogen and oxygen atoms in total. The van der Waals surface area contributed by atoms with E-state index in [0.29, 0.717) is 31.0 Å². The van der Waals surface area contributed by atoms with E-state index in [1.165, 1.54) is 0 Å². The van der Waals surface area contributed by atoms with Gasteiger partial charge in [-0.25, -0.2) is 19.9 Å². The predicted molar refractivity (Wildman–Crippen MR) is 135 cm³/mol. The molecule has 2 fully saturated rings. The number of nitrogens with zero attached hydrogens (tertiary/aromatic N) is 7. The number of rotatable bonds is 4. The van der Waals surface area contributed by atoms with Crippen LogP contribution in [0.15, 0.2) is 42.7 Å². The van der Waals surface area contributed by atoms with Gasteiger partial charge in [0.1, 0.15) is 11.5 Å². The molecule has 6 rings (SSSR count). The Morgan fingerprint density at radius 3 is 2.63 bits per heavy atom. The van der Waals surface area contributed by atoms with Crippen LogP contribution in [-0.4, -0.2) is 68.4 Å². The second-order valence-electron chi connectivity index (χ2n) is 9.40. The highest BCUT2D eigenvalue weighted by molar-refractivity contribution is 5.88. The third kappa shape index (κ3) is 4.26. The van der Waals surface area contributed by atoms with Crippen LogP contribution in [0.5, 0.6) is 0 Å². The van der Waals surface area contributed by atoms with E-state index in [9.17, 15) is 0 Å². The van der Waals surface area contributed by atoms with Gasteiger partial charge in [0, 0.05) is 55.7 Å². The summed E-state index contributed by atoms with van der Waals surface area (Å²) >= 11 is 0. The van der Waals surface area contributed by atoms with Gasteiger partial charge in [0.2, 0.25) is 0 Å². The molecule has 1 N–H and O–H groups in total. The van der Waals surface area contributed by atoms with Crippen molar-refractivity contribution in [1.29, 1.82) is 0 Å². The minimum absolute atomic E-state index is 0.448. The summed E-state index contributed by atoms with van der Waals surface area (Å²) in [6.07, 6.45) is 5.75. The van der Waals surface area contributed by atoms with E-state index >= 15 is 0 Å². The number of ether oxygens (including phenoxy) is 1. The van der Waals surface area contributed by atoms with Crippen LogP contribution < -0.4 is 10.2 Å². The van der Waals surface area contributed by atoms with Crippen LogP contribution in [0, 0.1) is 0 Å². The predicted octanol–water partition coefficient (Wildman–Crippen LogP) is 3.18. The summed E-state index contributed by atoms with van der Waals surface area (Å²) in [4.78, 5) is 26.5. The molecule has 2 aliphatic heterocycles. The van der Waals surface area contributed by atoms with Gasteiger partial charge in [-0.1, -0.05) is 6.07 Å². The van der Waals surface area contributed by atoms with E-state index in [1.807, 2.05) is 29.8 Å². The summed E-state index contributed by atoms with van der Waals surface area (Å²) in [5.41, 5.74) is 4.51. The van der Waals surface area contributed by atoms with Gasteiger partial charge in [0.05, 0.1) is 13.2 Å². The molecule has 4 aromatic rings. The summed E-state index contributed by atoms with van der Waals surface area (Å²) in [6.45, 7) is 6.15. The number of nitrogens with one attached hydrogen (secondary N) is 1. The van der Waals surface area contributed by atoms with Crippen LogP contribution in [0.4, 0.5) is 5.82 Å². The summed E-state index contributed by atoms with van der Waals surface area (Å²) in [5.74, 6) is 2.76. The number of aromatic nitrogens is 6. The molecular weight excluding hydrogens is 440 g/mol. The van der Waals surface area contributed by atoms with Crippen molar-refractivity contribution in [2.24, 2.45) is 7.05 Å². The quantitative estimate of drug-likeness (QED) is 0.486. The fourth-order valence-corrected chi connectivity index (χ4v) is 5.12. The summed E-state index contributed by atoms with van der Waals surface area (Å²) in [7, 11) is 2.01. The van der Waals surface area contributed by atoms with Crippen molar-refractivity contribution < 1.29 is 4.74 Å². The number of aryl methyl sites for hydroxylation is 1. The number of fused-ring (bicyclic) bond motifs is 1. The van der Waals surface area contributed by atoms with Crippen LogP contribution in [0.2, 0.25) is 0 Å². The highest BCUT2D eigenvalue weighted by Gasteiger charge is 2.25. The number of hydrogen-bond donors (Lipinski definition) is 1. The molecule has 35 heavy (non-hydrogen) atoms. The molecule has 9 heteroatoms. The second kappa shape index (κ2) is 9.31. The fourth-order valence-electron chi connectivity index (χ4n) is 5.12. The number of morpholine rings is 1. The van der Waals surface area contributed by atoms with Crippen molar-refractivity contribution in [3.8, 4) is 22.9 Å². The topological polar surface area (TPSA) is 93.9 Å². The van der Waals surface area contributed by atoms with Crippen molar-refractivity contribution >= 4 is 17.0 Å². The van der Waals surface area contributed by atoms with Gasteiger partial charge in [0.15, 0.2) is 22.8 Å². The molecule has 2 aliphatic rings. The van der Waals surface area contributed by atoms with Gasteiger partial charge in [-0.2, -0.15) is 0 Å². The van der Waals surface area contributed by atoms with E-state index in [-0.39, 0.29) is 0 Å². The maximum absolute atomic E-state index is 5.60. The Morgan fingerprint density at radius 1 is 1.00 bits per heavy atom. The molecule has 4 aromatic heterocycles. The van der Waals surface area contributed by atoms with E-state index in [2.05, 4.69) is 34.3 Å². The van der Waals surface area contributed by atoms with Crippen molar-refractivity contribution in [2.45, 2.75) is 31.7 Å². The van der Waals surface area contributed by atoms with Gasteiger partial charge in [-0.05, 0) is 50.6 Å². The number of hydrogen-bond acceptors (Lipinski definition) is 8. The lowest BCUT2D eigenvalue weighted by atomic mass is 9.90. The molecule has 0 aliphatic carbocycles. The Bertz CT molecular complexity index is 1330. The summed E-state index contributed by atoms with van der Waals surface area (Å²) in [5, 5.41) is 3.53. The zero-order valence-corrected chi connectivity index (χ0v) is 20.2. The summed E-state index contributed by atoms with van der Waals surface area (Å²) in [6, 6.07) is 10.7. The maximum atomic E-state index is 5.60. The van der Waals surface area contributed by atoms with E-state index < -0.39 is 0 Å². The SMILES string of the molecule is CC1CC(c2cccc(-c3nc(N4CCOCC4)c4nc(-c5ccncc5)n(C)c4n3)n2)CCN1. The minimum atomic E-state index is 0.448. The smallest absolute Gasteiger partial charge is 0.182 e. The van der Waals surface area contributed by atoms with Gasteiger partial charge < -0.3 is 19.5 Å². The zero-order chi connectivity index (χ0) is 23.8. The van der Waals surface area contributed by atoms with Gasteiger partial charge in [-0.15, -0.1) is 0 Å². The highest BCUT2D eigenvalue weighted by atomic mass is 16.5. The van der Waals surface area contributed by atoms with Gasteiger partial charge >= 0.3 is 0 Å². The number of pyridine rings is 2. The van der Waals surface area contributed by atoms with Crippen molar-refractivity contribution in [2.75, 3.05) is 37.7 Å². The lowest BCUT2D eigenvalue weighted by Crippen LogP contribution is -2.37. The molecular formula is C26H30N8O. The molecule has 2 saturated heterocycles. The maximum Gasteiger partial charge on any atom is 0.182 e. The highest BCUT2D eigenvalue weighted by Crippen LogP contribution is 2.32. The molecule has 0 saturated carbocycles. The number of piperidine rings is 1. The van der Waals surface area contributed by atoms with Gasteiger partial charge in [0.25, 0.3) is 0 Å². The monoisotopic (exact) mass is 470 g/mol. The van der Waals surface area contributed by atoms with E-state index in [1.54, 1.807) is 12.4 Å². The number of anilines is 1. The first-order chi connectivity index (χ1) is 17.2. The largest absolute Gasteiger partial charge is 0.378 e. The van der Waals surface area contributed by atoms with E-state index in [0.717, 1.165) is 72.2 Å². The van der Waals surface area contributed by atoms with Crippen molar-refractivity contribution in [3.05, 3.63) is 48.4 Å². The van der Waals surface area contributed by atoms with Crippen molar-refractivity contribution in [3.63, 3.8) is 0 Å². The molecule has 0 spiro atoms. The minimum Gasteiger partial charge on any atom is -0.378 e. The van der Waals surface area contributed by atoms with Crippen molar-refractivity contribution in [1.82, 2.24) is 34.8 Å². The van der Waals surface area contributed by atoms with Crippen LogP contribution >= 0.6 is 0 Å². The standard InChI is InChI=1S/C26H30N8O/c1-17-16-19(8-11-28-17)20-4-3-5-21(29-20)23-31-25-22(26(32-23)34-12-14-35-15-13-34)30-24(33(25)2)18-6-9-27-10-7-18/h3-7,9-10,17,19,28H,8,11-16H2,1-2H3. The first-order valence-corrected chi connectivity index (χ1v) is 12.4. The normalized spacial score (nSPS) is 20.9. The first-order valence-electron chi connectivity index (χ1n) is 12.4. The third-order valence-electron chi connectivity index (χ3n) is 6.99. The average molecular weight is 471 g/mol. The Kier molecular flexibility index (Phi) is 5.87. The van der Waals surface area contributed by atoms with Crippen LogP contribution in [0.25, 0.3) is 34.1 Å². The fraction of sp³-hybridized carbons (Fsp3) is 0.423. The molecule has 2 unspecified atom stereocenters. The molecule has 0 amide bonds. The Hall–Kier alpha value is -3.43. The summed E-state index contributed by atoms with van der Waals surface area (Å²) < 4.78 is 7.64. The zero-order valence-electron chi connectivity index (χ0n) is 20.2. The first kappa shape index (κ1) is 22.1. The van der Waals surface area contributed by atoms with E-state index in [4.69, 9.17) is 24.7 Å². The van der Waals surface area contributed by atoms with Crippen LogP contribution in [0.3, 0.4) is 0 Å². The second-order valence-corrected chi connectivity index (χ2v) is 9.40. The molecule has 2 atom stereocenters. The molecule has 180 valence electrons. The Balaban J connectivity index is 1.48. The number of imidazole rings is 1. The lowest BCUT2D eigenvalue weighted by molar-refractivity contribution is 0.122. The average Bonchev–Trinajstić information content (AvgIpc) is 3.25. The Morgan fingerprint density at radius 2 is 1.83 bits per heavy atom. The Labute approximate surface area is 204 Å². The lowest BCUT2D eigenvalue weighted by Gasteiger charge is -2.28. The molecule has 0 aromatic carbocycles. The third-order valence-corrected chi connectivity index (χ3v) is 6.99. The molecule has 0 bridgehead atoms. The molecule has 0 radical (unpaired) electrons. The van der Waals surface area contributed by atoms with Crippen LogP contribution in [-0.2, 0) is 11.8 Å². The molecule has 6 heterocycles. The van der Waals surface area contributed by atoms with Gasteiger partial charge in [-0.3, -0.25) is 4.98 Å².